The van der Waals surface area contributed by atoms with E-state index in [2.05, 4.69) is 0 Å². The molecule has 0 radical (unpaired) electrons. The van der Waals surface area contributed by atoms with E-state index in [9.17, 15) is 66.1 Å². The number of aromatic hydroxyl groups is 4. The number of hydrogen-bond acceptors (Lipinski definition) is 18. The minimum absolute atomic E-state index is 0.132. The minimum Gasteiger partial charge on any atom is -0.504 e. The fourth-order valence-corrected chi connectivity index (χ4v) is 4.91. The molecular weight excluding hydrogens is 612 g/mol. The summed E-state index contributed by atoms with van der Waals surface area (Å²) < 4.78 is 27.3. The number of phenols is 4. The summed E-state index contributed by atoms with van der Waals surface area (Å²) in [7, 11) is 0. The summed E-state index contributed by atoms with van der Waals surface area (Å²) >= 11 is 0. The number of ether oxygens (including phenoxy) is 4. The van der Waals surface area contributed by atoms with Gasteiger partial charge in [0.05, 0.1) is 13.2 Å². The topological polar surface area (TPSA) is 310 Å². The van der Waals surface area contributed by atoms with Crippen LogP contribution in [-0.2, 0) is 9.47 Å². The van der Waals surface area contributed by atoms with E-state index in [0.717, 1.165) is 18.2 Å². The average molecular weight is 643 g/mol. The Morgan fingerprint density at radius 2 is 1.22 bits per heavy atom. The molecule has 2 aliphatic heterocycles. The predicted octanol–water partition coefficient (Wildman–Crippen LogP) is -3.36. The van der Waals surface area contributed by atoms with Gasteiger partial charge in [-0.3, -0.25) is 4.79 Å². The van der Waals surface area contributed by atoms with Crippen LogP contribution in [0.15, 0.2) is 33.5 Å². The van der Waals surface area contributed by atoms with E-state index in [0.29, 0.717) is 0 Å². The summed E-state index contributed by atoms with van der Waals surface area (Å²) in [6.45, 7) is -1.63. The van der Waals surface area contributed by atoms with E-state index in [1.165, 1.54) is 6.07 Å². The predicted molar refractivity (Wildman–Crippen MR) is 143 cm³/mol. The Hall–Kier alpha value is -3.95. The number of aliphatic hydroxyl groups is 8. The van der Waals surface area contributed by atoms with Crippen LogP contribution in [0.2, 0.25) is 0 Å². The standard InChI is InChI=1S/C27H30O18/c28-5-12-16(33)20(37)22(39)26(43-12)42-11-4-10-14(18(35)15(11)32)19(36)25(24(41-10)7-1-2-8(30)9(31)3-7)45-27-23(40)21(38)17(34)13(6-29)44-27/h1-4,12-13,16-17,20-23,26-35,37-40H,5-6H2/t12?,13?,16-,17+,20-,21?,22?,23?,26+,27-/m0/s1. The Morgan fingerprint density at radius 1 is 0.667 bits per heavy atom. The third kappa shape index (κ3) is 5.68. The third-order valence-corrected chi connectivity index (χ3v) is 7.47. The molecule has 0 saturated carbocycles. The zero-order chi connectivity index (χ0) is 32.9. The van der Waals surface area contributed by atoms with Crippen LogP contribution in [-0.4, -0.2) is 136 Å². The summed E-state index contributed by atoms with van der Waals surface area (Å²) in [6, 6.07) is 4.01. The fourth-order valence-electron chi connectivity index (χ4n) is 4.91. The average Bonchev–Trinajstić information content (AvgIpc) is 3.02. The normalized spacial score (nSPS) is 32.0. The van der Waals surface area contributed by atoms with Gasteiger partial charge in [-0.1, -0.05) is 0 Å². The molecule has 3 aromatic rings. The van der Waals surface area contributed by atoms with Gasteiger partial charge in [0.1, 0.15) is 59.8 Å². The number of fused-ring (bicyclic) bond motifs is 1. The van der Waals surface area contributed by atoms with E-state index in [-0.39, 0.29) is 5.56 Å². The first-order chi connectivity index (χ1) is 21.3. The SMILES string of the molecule is O=c1c(O[C@@H]2OC(CO)[C@@H](O)C(O)C2O)c(-c2ccc(O)c(O)c2)oc2cc(O[C@@H]3OC(CO)[C@H](O)[C@H](O)C3O)c(O)c(O)c12. The molecule has 5 rings (SSSR count). The second-order valence-electron chi connectivity index (χ2n) is 10.4. The molecule has 10 atom stereocenters. The fraction of sp³-hybridized carbons (Fsp3) is 0.444. The Kier molecular flexibility index (Phi) is 8.97. The molecule has 3 heterocycles. The molecule has 1 aromatic heterocycles. The zero-order valence-electron chi connectivity index (χ0n) is 22.8. The van der Waals surface area contributed by atoms with Crippen LogP contribution >= 0.6 is 0 Å². The molecule has 2 saturated heterocycles. The van der Waals surface area contributed by atoms with E-state index in [1.54, 1.807) is 0 Å². The van der Waals surface area contributed by atoms with Gasteiger partial charge >= 0.3 is 0 Å². The van der Waals surface area contributed by atoms with Gasteiger partial charge in [-0.2, -0.15) is 0 Å². The molecular formula is C27H30O18. The van der Waals surface area contributed by atoms with Crippen molar-refractivity contribution in [2.45, 2.75) is 61.4 Å². The Morgan fingerprint density at radius 3 is 1.76 bits per heavy atom. The number of rotatable bonds is 7. The van der Waals surface area contributed by atoms with Crippen molar-refractivity contribution in [3.05, 3.63) is 34.5 Å². The second kappa shape index (κ2) is 12.4. The smallest absolute Gasteiger partial charge is 0.239 e. The molecule has 2 fully saturated rings. The quantitative estimate of drug-likeness (QED) is 0.112. The molecule has 0 spiro atoms. The van der Waals surface area contributed by atoms with Crippen molar-refractivity contribution in [3.63, 3.8) is 0 Å². The molecule has 0 bridgehead atoms. The highest BCUT2D eigenvalue weighted by Crippen LogP contribution is 2.45. The van der Waals surface area contributed by atoms with E-state index in [4.69, 9.17) is 23.4 Å². The third-order valence-electron chi connectivity index (χ3n) is 7.47. The Balaban J connectivity index is 1.64. The van der Waals surface area contributed by atoms with Gasteiger partial charge in [0, 0.05) is 11.6 Å². The highest BCUT2D eigenvalue weighted by atomic mass is 16.7. The molecule has 2 aromatic carbocycles. The van der Waals surface area contributed by atoms with E-state index < -0.39 is 131 Å². The number of hydrogen-bond donors (Lipinski definition) is 12. The number of phenolic OH excluding ortho intramolecular Hbond substituents is 4. The summed E-state index contributed by atoms with van der Waals surface area (Å²) in [4.78, 5) is 13.8. The van der Waals surface area contributed by atoms with Crippen molar-refractivity contribution in [3.8, 4) is 45.8 Å². The number of aliphatic hydroxyl groups excluding tert-OH is 8. The maximum absolute atomic E-state index is 13.8. The second-order valence-corrected chi connectivity index (χ2v) is 10.4. The first-order valence-corrected chi connectivity index (χ1v) is 13.3. The largest absolute Gasteiger partial charge is 0.504 e. The lowest BCUT2D eigenvalue weighted by molar-refractivity contribution is -0.277. The highest BCUT2D eigenvalue weighted by Gasteiger charge is 2.46. The Bertz CT molecular complexity index is 1600. The van der Waals surface area contributed by atoms with E-state index >= 15 is 0 Å². The van der Waals surface area contributed by atoms with Gasteiger partial charge < -0.3 is 84.6 Å². The van der Waals surface area contributed by atoms with Crippen molar-refractivity contribution < 1.29 is 84.6 Å². The van der Waals surface area contributed by atoms with Crippen LogP contribution in [0.1, 0.15) is 0 Å². The van der Waals surface area contributed by atoms with Crippen molar-refractivity contribution in [2.75, 3.05) is 13.2 Å². The molecule has 0 aliphatic carbocycles. The van der Waals surface area contributed by atoms with Crippen molar-refractivity contribution >= 4 is 11.0 Å². The molecule has 246 valence electrons. The zero-order valence-corrected chi connectivity index (χ0v) is 22.8. The lowest BCUT2D eigenvalue weighted by atomic mass is 9.99. The van der Waals surface area contributed by atoms with Gasteiger partial charge in [-0.05, 0) is 18.2 Å². The van der Waals surface area contributed by atoms with Gasteiger partial charge in [-0.15, -0.1) is 0 Å². The van der Waals surface area contributed by atoms with Crippen LogP contribution in [0.5, 0.6) is 34.5 Å². The summed E-state index contributed by atoms with van der Waals surface area (Å²) in [5.74, 6) is -5.50. The molecule has 18 heteroatoms. The van der Waals surface area contributed by atoms with Gasteiger partial charge in [0.2, 0.25) is 29.5 Å². The van der Waals surface area contributed by atoms with Crippen molar-refractivity contribution in [1.82, 2.24) is 0 Å². The maximum atomic E-state index is 13.8. The summed E-state index contributed by atoms with van der Waals surface area (Å²) in [5, 5.41) is 121. The van der Waals surface area contributed by atoms with Crippen LogP contribution in [0.4, 0.5) is 0 Å². The van der Waals surface area contributed by atoms with Crippen molar-refractivity contribution in [1.29, 1.82) is 0 Å². The minimum atomic E-state index is -1.99. The number of benzene rings is 2. The first kappa shape index (κ1) is 32.4. The van der Waals surface area contributed by atoms with Crippen LogP contribution in [0.25, 0.3) is 22.3 Å². The summed E-state index contributed by atoms with van der Waals surface area (Å²) in [5.41, 5.74) is -1.87. The maximum Gasteiger partial charge on any atom is 0.239 e. The van der Waals surface area contributed by atoms with Crippen molar-refractivity contribution in [2.24, 2.45) is 0 Å². The highest BCUT2D eigenvalue weighted by molar-refractivity contribution is 5.91. The molecule has 18 nitrogen and oxygen atoms in total. The molecule has 5 unspecified atom stereocenters. The first-order valence-electron chi connectivity index (χ1n) is 13.3. The molecule has 45 heavy (non-hydrogen) atoms. The molecule has 12 N–H and O–H groups in total. The molecule has 2 aliphatic rings. The van der Waals surface area contributed by atoms with Crippen LogP contribution in [0.3, 0.4) is 0 Å². The lowest BCUT2D eigenvalue weighted by Gasteiger charge is -2.39. The monoisotopic (exact) mass is 642 g/mol. The van der Waals surface area contributed by atoms with Gasteiger partial charge in [-0.25, -0.2) is 0 Å². The summed E-state index contributed by atoms with van der Waals surface area (Å²) in [6.07, 6.45) is -17.7. The molecule has 0 amide bonds. The van der Waals surface area contributed by atoms with Crippen LogP contribution < -0.4 is 14.9 Å². The Labute approximate surface area is 250 Å². The van der Waals surface area contributed by atoms with E-state index in [1.807, 2.05) is 0 Å². The van der Waals surface area contributed by atoms with Crippen LogP contribution in [0, 0.1) is 0 Å². The lowest BCUT2D eigenvalue weighted by Crippen LogP contribution is -2.60. The van der Waals surface area contributed by atoms with Gasteiger partial charge in [0.15, 0.2) is 28.8 Å². The van der Waals surface area contributed by atoms with Gasteiger partial charge in [0.25, 0.3) is 0 Å².